The van der Waals surface area contributed by atoms with Crippen LogP contribution in [-0.2, 0) is 12.8 Å². The minimum Gasteiger partial charge on any atom is -0.392 e. The van der Waals surface area contributed by atoms with Crippen LogP contribution in [0, 0.1) is 0 Å². The van der Waals surface area contributed by atoms with Crippen LogP contribution in [0.2, 0.25) is 0 Å². The van der Waals surface area contributed by atoms with E-state index in [2.05, 4.69) is 5.10 Å². The molecule has 0 aliphatic rings. The molecule has 13 heavy (non-hydrogen) atoms. The molecular weight excluding hydrogens is 184 g/mol. The van der Waals surface area contributed by atoms with E-state index < -0.39 is 0 Å². The molecule has 0 bridgehead atoms. The van der Waals surface area contributed by atoms with Crippen molar-refractivity contribution in [3.05, 3.63) is 18.0 Å². The van der Waals surface area contributed by atoms with Gasteiger partial charge in [0.05, 0.1) is 12.3 Å². The molecule has 0 aliphatic heterocycles. The maximum atomic E-state index is 9.26. The van der Waals surface area contributed by atoms with Gasteiger partial charge in [0.15, 0.2) is 0 Å². The number of aliphatic hydroxyl groups is 1. The lowest BCUT2D eigenvalue weighted by molar-refractivity contribution is 0.196. The summed E-state index contributed by atoms with van der Waals surface area (Å²) in [5.41, 5.74) is 1.21. The second kappa shape index (κ2) is 4.67. The fourth-order valence-electron chi connectivity index (χ4n) is 0.913. The number of nitrogens with zero attached hydrogens (tertiary/aromatic N) is 2. The first-order valence-electron chi connectivity index (χ1n) is 4.37. The Morgan fingerprint density at radius 3 is 2.77 bits per heavy atom. The lowest BCUT2D eigenvalue weighted by Crippen LogP contribution is -2.15. The van der Waals surface area contributed by atoms with Crippen molar-refractivity contribution >= 4 is 11.8 Å². The third-order valence-electron chi connectivity index (χ3n) is 1.95. The molecule has 0 fully saturated rings. The van der Waals surface area contributed by atoms with Crippen molar-refractivity contribution in [1.29, 1.82) is 0 Å². The molecule has 0 saturated carbocycles. The van der Waals surface area contributed by atoms with E-state index in [1.54, 1.807) is 16.4 Å². The van der Waals surface area contributed by atoms with E-state index >= 15 is 0 Å². The molecule has 2 atom stereocenters. The lowest BCUT2D eigenvalue weighted by Gasteiger charge is -2.12. The summed E-state index contributed by atoms with van der Waals surface area (Å²) < 4.78 is 1.79. The highest BCUT2D eigenvalue weighted by molar-refractivity contribution is 7.99. The summed E-state index contributed by atoms with van der Waals surface area (Å²) in [4.78, 5) is 0. The van der Waals surface area contributed by atoms with Crippen LogP contribution in [-0.4, -0.2) is 26.2 Å². The first-order chi connectivity index (χ1) is 6.09. The van der Waals surface area contributed by atoms with E-state index in [0.29, 0.717) is 0 Å². The summed E-state index contributed by atoms with van der Waals surface area (Å²) in [5, 5.41) is 13.6. The molecule has 0 saturated heterocycles. The number of rotatable bonds is 4. The third-order valence-corrected chi connectivity index (χ3v) is 3.37. The van der Waals surface area contributed by atoms with Gasteiger partial charge >= 0.3 is 0 Å². The van der Waals surface area contributed by atoms with Gasteiger partial charge in [0.25, 0.3) is 0 Å². The van der Waals surface area contributed by atoms with Gasteiger partial charge in [-0.05, 0) is 12.5 Å². The van der Waals surface area contributed by atoms with Gasteiger partial charge in [-0.2, -0.15) is 16.9 Å². The molecule has 0 spiro atoms. The average Bonchev–Trinajstić information content (AvgIpc) is 2.47. The number of hydrogen-bond acceptors (Lipinski definition) is 3. The first-order valence-corrected chi connectivity index (χ1v) is 5.41. The number of aromatic nitrogens is 2. The molecule has 1 rings (SSSR count). The Morgan fingerprint density at radius 1 is 1.62 bits per heavy atom. The van der Waals surface area contributed by atoms with Gasteiger partial charge in [-0.1, -0.05) is 6.92 Å². The van der Waals surface area contributed by atoms with Crippen molar-refractivity contribution in [3.63, 3.8) is 0 Å². The van der Waals surface area contributed by atoms with Crippen LogP contribution in [0.4, 0.5) is 0 Å². The summed E-state index contributed by atoms with van der Waals surface area (Å²) >= 11 is 1.75. The van der Waals surface area contributed by atoms with Crippen LogP contribution in [0.25, 0.3) is 0 Å². The topological polar surface area (TPSA) is 38.1 Å². The average molecular weight is 200 g/mol. The lowest BCUT2D eigenvalue weighted by atomic mass is 10.3. The van der Waals surface area contributed by atoms with E-state index in [1.165, 1.54) is 5.56 Å². The van der Waals surface area contributed by atoms with Crippen molar-refractivity contribution in [1.82, 2.24) is 9.78 Å². The largest absolute Gasteiger partial charge is 0.392 e. The summed E-state index contributed by atoms with van der Waals surface area (Å²) in [6.45, 7) is 3.85. The van der Waals surface area contributed by atoms with Crippen LogP contribution < -0.4 is 0 Å². The number of hydrogen-bond donors (Lipinski definition) is 1. The molecular formula is C9H16N2OS. The van der Waals surface area contributed by atoms with Gasteiger partial charge in [0.2, 0.25) is 0 Å². The summed E-state index contributed by atoms with van der Waals surface area (Å²) in [6.07, 6.45) is 3.62. The van der Waals surface area contributed by atoms with Crippen LogP contribution in [0.5, 0.6) is 0 Å². The van der Waals surface area contributed by atoms with E-state index in [-0.39, 0.29) is 11.4 Å². The van der Waals surface area contributed by atoms with Crippen molar-refractivity contribution in [2.24, 2.45) is 7.05 Å². The zero-order chi connectivity index (χ0) is 9.84. The first kappa shape index (κ1) is 10.6. The van der Waals surface area contributed by atoms with Crippen LogP contribution in [0.1, 0.15) is 19.4 Å². The van der Waals surface area contributed by atoms with Crippen molar-refractivity contribution in [2.75, 3.05) is 0 Å². The quantitative estimate of drug-likeness (QED) is 0.799. The van der Waals surface area contributed by atoms with Crippen LogP contribution >= 0.6 is 11.8 Å². The molecule has 0 radical (unpaired) electrons. The Bertz CT molecular complexity index is 260. The maximum Gasteiger partial charge on any atom is 0.0628 e. The summed E-state index contributed by atoms with van der Waals surface area (Å²) in [7, 11) is 1.91. The van der Waals surface area contributed by atoms with Gasteiger partial charge in [-0.3, -0.25) is 4.68 Å². The maximum absolute atomic E-state index is 9.26. The second-order valence-electron chi connectivity index (χ2n) is 3.28. The van der Waals surface area contributed by atoms with Crippen molar-refractivity contribution in [2.45, 2.75) is 31.0 Å². The Morgan fingerprint density at radius 2 is 2.31 bits per heavy atom. The Balaban J connectivity index is 2.35. The molecule has 4 heteroatoms. The smallest absolute Gasteiger partial charge is 0.0628 e. The number of aliphatic hydroxyl groups excluding tert-OH is 1. The van der Waals surface area contributed by atoms with Crippen LogP contribution in [0.15, 0.2) is 12.4 Å². The van der Waals surface area contributed by atoms with E-state index in [1.807, 2.05) is 33.3 Å². The molecule has 1 aromatic rings. The van der Waals surface area contributed by atoms with Gasteiger partial charge in [-0.25, -0.2) is 0 Å². The Labute approximate surface area is 83.1 Å². The molecule has 3 nitrogen and oxygen atoms in total. The molecule has 1 aromatic heterocycles. The van der Waals surface area contributed by atoms with E-state index in [4.69, 9.17) is 0 Å². The summed E-state index contributed by atoms with van der Waals surface area (Å²) in [5.74, 6) is 0.917. The zero-order valence-electron chi connectivity index (χ0n) is 8.27. The fraction of sp³-hybridized carbons (Fsp3) is 0.667. The SMILES string of the molecule is CC(O)C(C)SCc1cnn(C)c1. The van der Waals surface area contributed by atoms with E-state index in [9.17, 15) is 5.11 Å². The molecule has 0 aromatic carbocycles. The van der Waals surface area contributed by atoms with Crippen molar-refractivity contribution < 1.29 is 5.11 Å². The number of thioether (sulfide) groups is 1. The van der Waals surface area contributed by atoms with Crippen LogP contribution in [0.3, 0.4) is 0 Å². The molecule has 1 N–H and O–H groups in total. The normalized spacial score (nSPS) is 15.7. The zero-order valence-corrected chi connectivity index (χ0v) is 9.08. The minimum atomic E-state index is -0.248. The minimum absolute atomic E-state index is 0.248. The standard InChI is InChI=1S/C9H16N2OS/c1-7(12)8(2)13-6-9-4-10-11(3)5-9/h4-5,7-8,12H,6H2,1-3H3. The predicted molar refractivity (Wildman–Crippen MR) is 55.6 cm³/mol. The molecule has 0 aliphatic carbocycles. The van der Waals surface area contributed by atoms with Gasteiger partial charge < -0.3 is 5.11 Å². The molecule has 2 unspecified atom stereocenters. The highest BCUT2D eigenvalue weighted by Gasteiger charge is 2.09. The Hall–Kier alpha value is -0.480. The highest BCUT2D eigenvalue weighted by atomic mass is 32.2. The monoisotopic (exact) mass is 200 g/mol. The third kappa shape index (κ3) is 3.40. The molecule has 0 amide bonds. The van der Waals surface area contributed by atoms with Gasteiger partial charge in [-0.15, -0.1) is 0 Å². The van der Waals surface area contributed by atoms with E-state index in [0.717, 1.165) is 5.75 Å². The highest BCUT2D eigenvalue weighted by Crippen LogP contribution is 2.19. The van der Waals surface area contributed by atoms with Gasteiger partial charge in [0.1, 0.15) is 0 Å². The molecule has 74 valence electrons. The van der Waals surface area contributed by atoms with Gasteiger partial charge in [0, 0.05) is 24.2 Å². The fourth-order valence-corrected chi connectivity index (χ4v) is 1.80. The Kier molecular flexibility index (Phi) is 3.81. The second-order valence-corrected chi connectivity index (χ2v) is 4.64. The van der Waals surface area contributed by atoms with Crippen molar-refractivity contribution in [3.8, 4) is 0 Å². The predicted octanol–water partition coefficient (Wildman–Crippen LogP) is 1.42. The number of aryl methyl sites for hydroxylation is 1. The summed E-state index contributed by atoms with van der Waals surface area (Å²) in [6, 6.07) is 0. The molecule has 1 heterocycles.